The molecule has 1 fully saturated rings. The van der Waals surface area contributed by atoms with E-state index in [9.17, 15) is 0 Å². The lowest BCUT2D eigenvalue weighted by atomic mass is 10.1. The van der Waals surface area contributed by atoms with Crippen LogP contribution in [0.3, 0.4) is 0 Å². The first-order valence-corrected chi connectivity index (χ1v) is 9.61. The summed E-state index contributed by atoms with van der Waals surface area (Å²) in [6.07, 6.45) is 2.54. The zero-order valence-corrected chi connectivity index (χ0v) is 18.5. The van der Waals surface area contributed by atoms with Gasteiger partial charge in [0, 0.05) is 24.5 Å². The van der Waals surface area contributed by atoms with E-state index < -0.39 is 0 Å². The molecule has 1 aliphatic rings. The number of nitrogens with zero attached hydrogens (tertiary/aromatic N) is 3. The summed E-state index contributed by atoms with van der Waals surface area (Å²) in [6, 6.07) is 0. The van der Waals surface area contributed by atoms with Crippen molar-refractivity contribution in [3.8, 4) is 0 Å². The number of aliphatic imine (C=N–C) groups is 1. The van der Waals surface area contributed by atoms with Gasteiger partial charge in [0.1, 0.15) is 5.01 Å². The second kappa shape index (κ2) is 11.3. The maximum absolute atomic E-state index is 4.68. The molecule has 5 nitrogen and oxygen atoms in total. The van der Waals surface area contributed by atoms with Gasteiger partial charge in [-0.25, -0.2) is 9.98 Å². The first-order chi connectivity index (χ1) is 11.1. The van der Waals surface area contributed by atoms with Crippen molar-refractivity contribution < 1.29 is 0 Å². The van der Waals surface area contributed by atoms with Gasteiger partial charge in [-0.2, -0.15) is 0 Å². The Morgan fingerprint density at radius 3 is 2.75 bits per heavy atom. The second-order valence-electron chi connectivity index (χ2n) is 6.28. The van der Waals surface area contributed by atoms with E-state index in [0.29, 0.717) is 6.54 Å². The predicted octanol–water partition coefficient (Wildman–Crippen LogP) is 3.16. The molecule has 1 saturated heterocycles. The van der Waals surface area contributed by atoms with Crippen molar-refractivity contribution in [1.82, 2.24) is 20.5 Å². The number of rotatable bonds is 7. The van der Waals surface area contributed by atoms with Gasteiger partial charge in [-0.1, -0.05) is 6.92 Å². The highest BCUT2D eigenvalue weighted by Gasteiger charge is 2.21. The molecule has 1 atom stereocenters. The minimum atomic E-state index is 0. The van der Waals surface area contributed by atoms with E-state index in [1.165, 1.54) is 37.4 Å². The minimum Gasteiger partial charge on any atom is -0.357 e. The number of halogens is 1. The molecule has 1 aliphatic heterocycles. The average molecular weight is 465 g/mol. The Labute approximate surface area is 167 Å². The fourth-order valence-electron chi connectivity index (χ4n) is 2.94. The molecule has 2 rings (SSSR count). The van der Waals surface area contributed by atoms with Crippen molar-refractivity contribution in [3.63, 3.8) is 0 Å². The molecule has 1 aromatic rings. The Balaban J connectivity index is 0.00000288. The van der Waals surface area contributed by atoms with Gasteiger partial charge in [0.25, 0.3) is 0 Å². The van der Waals surface area contributed by atoms with E-state index in [-0.39, 0.29) is 24.0 Å². The van der Waals surface area contributed by atoms with Gasteiger partial charge < -0.3 is 15.5 Å². The lowest BCUT2D eigenvalue weighted by Gasteiger charge is -2.16. The monoisotopic (exact) mass is 465 g/mol. The van der Waals surface area contributed by atoms with Gasteiger partial charge in [-0.15, -0.1) is 35.3 Å². The third-order valence-corrected chi connectivity index (χ3v) is 5.32. The Morgan fingerprint density at radius 2 is 2.12 bits per heavy atom. The number of nitrogens with one attached hydrogen (secondary N) is 2. The molecule has 0 radical (unpaired) electrons. The maximum Gasteiger partial charge on any atom is 0.191 e. The zero-order chi connectivity index (χ0) is 16.7. The molecule has 2 N–H and O–H groups in total. The molecule has 24 heavy (non-hydrogen) atoms. The van der Waals surface area contributed by atoms with E-state index in [0.717, 1.165) is 35.7 Å². The van der Waals surface area contributed by atoms with Gasteiger partial charge in [0.05, 0.1) is 12.2 Å². The molecule has 1 aromatic heterocycles. The van der Waals surface area contributed by atoms with Gasteiger partial charge in [0.2, 0.25) is 0 Å². The van der Waals surface area contributed by atoms with Crippen molar-refractivity contribution in [2.75, 3.05) is 32.7 Å². The van der Waals surface area contributed by atoms with E-state index >= 15 is 0 Å². The van der Waals surface area contributed by atoms with E-state index in [1.807, 2.05) is 0 Å². The Bertz CT molecular complexity index is 498. The number of thiazole rings is 1. The smallest absolute Gasteiger partial charge is 0.191 e. The van der Waals surface area contributed by atoms with Crippen LogP contribution in [-0.4, -0.2) is 48.6 Å². The fourth-order valence-corrected chi connectivity index (χ4v) is 3.79. The van der Waals surface area contributed by atoms with Crippen LogP contribution in [-0.2, 0) is 6.54 Å². The van der Waals surface area contributed by atoms with Crippen molar-refractivity contribution in [3.05, 3.63) is 15.6 Å². The molecule has 0 bridgehead atoms. The second-order valence-corrected chi connectivity index (χ2v) is 7.57. The van der Waals surface area contributed by atoms with E-state index in [1.54, 1.807) is 11.3 Å². The number of hydrogen-bond donors (Lipinski definition) is 2. The lowest BCUT2D eigenvalue weighted by Crippen LogP contribution is -2.40. The highest BCUT2D eigenvalue weighted by atomic mass is 127. The van der Waals surface area contributed by atoms with Crippen LogP contribution in [0.2, 0.25) is 0 Å². The third-order valence-electron chi connectivity index (χ3n) is 4.26. The van der Waals surface area contributed by atoms with Crippen LogP contribution in [0.4, 0.5) is 0 Å². The molecule has 2 heterocycles. The predicted molar refractivity (Wildman–Crippen MR) is 115 cm³/mol. The number of hydrogen-bond acceptors (Lipinski definition) is 4. The standard InChI is InChI=1S/C17H31N5S.HI/c1-5-8-22-9-7-15(12-22)10-19-17(18-6-2)20-11-16-21-13(3)14(4)23-16;/h15H,5-12H2,1-4H3,(H2,18,19,20);1H. The summed E-state index contributed by atoms with van der Waals surface area (Å²) in [4.78, 5) is 13.1. The van der Waals surface area contributed by atoms with Gasteiger partial charge in [0.15, 0.2) is 5.96 Å². The topological polar surface area (TPSA) is 52.5 Å². The third kappa shape index (κ3) is 6.84. The zero-order valence-electron chi connectivity index (χ0n) is 15.4. The molecule has 7 heteroatoms. The van der Waals surface area contributed by atoms with Crippen LogP contribution in [0, 0.1) is 19.8 Å². The summed E-state index contributed by atoms with van der Waals surface area (Å²) in [6.45, 7) is 14.8. The number of aromatic nitrogens is 1. The summed E-state index contributed by atoms with van der Waals surface area (Å²) >= 11 is 1.74. The van der Waals surface area contributed by atoms with Crippen molar-refractivity contribution >= 4 is 41.3 Å². The van der Waals surface area contributed by atoms with Crippen molar-refractivity contribution in [1.29, 1.82) is 0 Å². The van der Waals surface area contributed by atoms with Crippen LogP contribution in [0.1, 0.15) is 42.3 Å². The van der Waals surface area contributed by atoms with E-state index in [2.05, 4.69) is 53.2 Å². The molecule has 138 valence electrons. The average Bonchev–Trinajstić information content (AvgIpc) is 3.10. The molecular weight excluding hydrogens is 433 g/mol. The van der Waals surface area contributed by atoms with E-state index in [4.69, 9.17) is 0 Å². The molecule has 0 aliphatic carbocycles. The summed E-state index contributed by atoms with van der Waals surface area (Å²) in [7, 11) is 0. The van der Waals surface area contributed by atoms with Crippen LogP contribution in [0.25, 0.3) is 0 Å². The molecule has 0 aromatic carbocycles. The SMILES string of the molecule is CCCN1CCC(CNC(=NCc2nc(C)c(C)s2)NCC)C1.I. The molecule has 0 amide bonds. The first-order valence-electron chi connectivity index (χ1n) is 8.79. The number of guanidine groups is 1. The first kappa shape index (κ1) is 21.6. The molecule has 0 spiro atoms. The number of likely N-dealkylation sites (tertiary alicyclic amines) is 1. The fraction of sp³-hybridized carbons (Fsp3) is 0.765. The minimum absolute atomic E-state index is 0. The van der Waals surface area contributed by atoms with Crippen LogP contribution >= 0.6 is 35.3 Å². The summed E-state index contributed by atoms with van der Waals surface area (Å²) in [5, 5.41) is 7.93. The molecule has 0 saturated carbocycles. The van der Waals surface area contributed by atoms with Crippen LogP contribution < -0.4 is 10.6 Å². The largest absolute Gasteiger partial charge is 0.357 e. The summed E-state index contributed by atoms with van der Waals surface area (Å²) < 4.78 is 0. The van der Waals surface area contributed by atoms with Crippen LogP contribution in [0.15, 0.2) is 4.99 Å². The molecular formula is C17H32IN5S. The van der Waals surface area contributed by atoms with Crippen molar-refractivity contribution in [2.45, 2.75) is 47.1 Å². The summed E-state index contributed by atoms with van der Waals surface area (Å²) in [5.41, 5.74) is 1.13. The maximum atomic E-state index is 4.68. The quantitative estimate of drug-likeness (QED) is 0.369. The highest BCUT2D eigenvalue weighted by molar-refractivity contribution is 14.0. The van der Waals surface area contributed by atoms with Gasteiger partial charge in [-0.3, -0.25) is 0 Å². The Morgan fingerprint density at radius 1 is 1.33 bits per heavy atom. The Hall–Kier alpha value is -0.410. The lowest BCUT2D eigenvalue weighted by molar-refractivity contribution is 0.324. The van der Waals surface area contributed by atoms with Crippen LogP contribution in [0.5, 0.6) is 0 Å². The highest BCUT2D eigenvalue weighted by Crippen LogP contribution is 2.17. The Kier molecular flexibility index (Phi) is 10.1. The molecule has 1 unspecified atom stereocenters. The normalized spacial score (nSPS) is 18.5. The van der Waals surface area contributed by atoms with Gasteiger partial charge in [-0.05, 0) is 52.6 Å². The van der Waals surface area contributed by atoms with Crippen molar-refractivity contribution in [2.24, 2.45) is 10.9 Å². The van der Waals surface area contributed by atoms with Gasteiger partial charge >= 0.3 is 0 Å². The summed E-state index contributed by atoms with van der Waals surface area (Å²) in [5.74, 6) is 1.64. The number of aryl methyl sites for hydroxylation is 2.